The molecule has 3 nitrogen and oxygen atoms in total. The van der Waals surface area contributed by atoms with Crippen LogP contribution < -0.4 is 5.32 Å². The fourth-order valence-corrected chi connectivity index (χ4v) is 1.41. The van der Waals surface area contributed by atoms with E-state index in [2.05, 4.69) is 26.1 Å². The lowest BCUT2D eigenvalue weighted by Gasteiger charge is -2.22. The first-order valence-corrected chi connectivity index (χ1v) is 4.81. The summed E-state index contributed by atoms with van der Waals surface area (Å²) >= 11 is 0. The van der Waals surface area contributed by atoms with Crippen LogP contribution in [0, 0.1) is 0 Å². The Hall–Kier alpha value is -1.64. The van der Waals surface area contributed by atoms with Crippen molar-refractivity contribution in [3.8, 4) is 0 Å². The van der Waals surface area contributed by atoms with Crippen LogP contribution in [0.1, 0.15) is 26.3 Å². The van der Waals surface area contributed by atoms with Gasteiger partial charge in [-0.05, 0) is 17.0 Å². The molecule has 80 valence electrons. The van der Waals surface area contributed by atoms with Gasteiger partial charge in [-0.1, -0.05) is 39.0 Å². The number of nitrogens with one attached hydrogen (secondary N) is 1. The van der Waals surface area contributed by atoms with Crippen LogP contribution >= 0.6 is 0 Å². The zero-order valence-corrected chi connectivity index (χ0v) is 9.20. The van der Waals surface area contributed by atoms with E-state index in [1.54, 1.807) is 6.07 Å². The van der Waals surface area contributed by atoms with E-state index in [-0.39, 0.29) is 11.7 Å². The fourth-order valence-electron chi connectivity index (χ4n) is 1.41. The topological polar surface area (TPSA) is 46.2 Å². The summed E-state index contributed by atoms with van der Waals surface area (Å²) in [5.41, 5.74) is 1.65. The van der Waals surface area contributed by atoms with Crippen LogP contribution in [0.2, 0.25) is 0 Å². The summed E-state index contributed by atoms with van der Waals surface area (Å²) in [7, 11) is 0. The number of hydrogen-bond acceptors (Lipinski definition) is 2. The summed E-state index contributed by atoms with van der Waals surface area (Å²) in [5, 5.41) is 2.56. The summed E-state index contributed by atoms with van der Waals surface area (Å²) in [5.74, 6) is -0.619. The molecule has 0 aliphatic carbocycles. The first-order valence-electron chi connectivity index (χ1n) is 4.81. The Morgan fingerprint density at radius 1 is 1.27 bits per heavy atom. The van der Waals surface area contributed by atoms with Crippen molar-refractivity contribution in [3.63, 3.8) is 0 Å². The van der Waals surface area contributed by atoms with Gasteiger partial charge in [-0.2, -0.15) is 0 Å². The largest absolute Gasteiger partial charge is 0.319 e. The van der Waals surface area contributed by atoms with Gasteiger partial charge in [-0.15, -0.1) is 0 Å². The third kappa shape index (κ3) is 2.91. The Morgan fingerprint density at radius 3 is 2.40 bits per heavy atom. The van der Waals surface area contributed by atoms with E-state index >= 15 is 0 Å². The minimum absolute atomic E-state index is 0.0627. The second kappa shape index (κ2) is 4.26. The lowest BCUT2D eigenvalue weighted by molar-refractivity contribution is -0.127. The molecule has 0 aromatic heterocycles. The molecule has 1 aromatic rings. The van der Waals surface area contributed by atoms with Crippen LogP contribution in [0.3, 0.4) is 0 Å². The van der Waals surface area contributed by atoms with Gasteiger partial charge < -0.3 is 5.32 Å². The van der Waals surface area contributed by atoms with Crippen molar-refractivity contribution < 1.29 is 9.59 Å². The number of carbonyl (C=O) groups is 2. The van der Waals surface area contributed by atoms with Crippen LogP contribution in [-0.2, 0) is 15.0 Å². The zero-order chi connectivity index (χ0) is 11.5. The average Bonchev–Trinajstić information content (AvgIpc) is 2.17. The van der Waals surface area contributed by atoms with Crippen molar-refractivity contribution in [1.82, 2.24) is 0 Å². The van der Waals surface area contributed by atoms with Gasteiger partial charge in [-0.25, -0.2) is 0 Å². The minimum Gasteiger partial charge on any atom is -0.319 e. The normalized spacial score (nSPS) is 10.9. The van der Waals surface area contributed by atoms with Crippen LogP contribution in [-0.4, -0.2) is 12.2 Å². The first-order chi connectivity index (χ1) is 6.95. The van der Waals surface area contributed by atoms with E-state index < -0.39 is 5.91 Å². The SMILES string of the molecule is CC(C)(C)c1ccccc1NC(=O)C=O. The van der Waals surface area contributed by atoms with E-state index in [0.29, 0.717) is 5.69 Å². The molecule has 0 radical (unpaired) electrons. The van der Waals surface area contributed by atoms with E-state index in [9.17, 15) is 9.59 Å². The maximum atomic E-state index is 11.0. The molecule has 1 N–H and O–H groups in total. The number of carbonyl (C=O) groups excluding carboxylic acids is 2. The molecule has 3 heteroatoms. The van der Waals surface area contributed by atoms with Gasteiger partial charge in [0, 0.05) is 5.69 Å². The van der Waals surface area contributed by atoms with E-state index in [0.717, 1.165) is 5.56 Å². The molecule has 15 heavy (non-hydrogen) atoms. The van der Waals surface area contributed by atoms with Crippen LogP contribution in [0.15, 0.2) is 24.3 Å². The molecule has 1 aromatic carbocycles. The molecular weight excluding hydrogens is 190 g/mol. The smallest absolute Gasteiger partial charge is 0.288 e. The highest BCUT2D eigenvalue weighted by atomic mass is 16.2. The summed E-state index contributed by atoms with van der Waals surface area (Å²) in [4.78, 5) is 21.2. The third-order valence-electron chi connectivity index (χ3n) is 2.10. The average molecular weight is 205 g/mol. The molecule has 0 aliphatic rings. The second-order valence-corrected chi connectivity index (χ2v) is 4.40. The second-order valence-electron chi connectivity index (χ2n) is 4.40. The van der Waals surface area contributed by atoms with Gasteiger partial charge >= 0.3 is 0 Å². The number of hydrogen-bond donors (Lipinski definition) is 1. The Kier molecular flexibility index (Phi) is 3.24. The maximum Gasteiger partial charge on any atom is 0.288 e. The molecule has 0 atom stereocenters. The quantitative estimate of drug-likeness (QED) is 0.593. The maximum absolute atomic E-state index is 11.0. The zero-order valence-electron chi connectivity index (χ0n) is 9.20. The highest BCUT2D eigenvalue weighted by Gasteiger charge is 2.18. The summed E-state index contributed by atoms with van der Waals surface area (Å²) in [6.07, 6.45) is 0.277. The van der Waals surface area contributed by atoms with Gasteiger partial charge in [-0.3, -0.25) is 9.59 Å². The monoisotopic (exact) mass is 205 g/mol. The van der Waals surface area contributed by atoms with E-state index in [1.807, 2.05) is 18.2 Å². The number of aldehydes is 1. The highest BCUT2D eigenvalue weighted by molar-refractivity contribution is 6.29. The van der Waals surface area contributed by atoms with Gasteiger partial charge in [0.1, 0.15) is 0 Å². The standard InChI is InChI=1S/C12H15NO2/c1-12(2,3)9-6-4-5-7-10(9)13-11(15)8-14/h4-8H,1-3H3,(H,13,15). The van der Waals surface area contributed by atoms with Gasteiger partial charge in [0.15, 0.2) is 0 Å². The first kappa shape index (κ1) is 11.4. The number of benzene rings is 1. The molecule has 0 saturated carbocycles. The number of para-hydroxylation sites is 1. The molecular formula is C12H15NO2. The number of amides is 1. The molecule has 0 heterocycles. The van der Waals surface area contributed by atoms with Gasteiger partial charge in [0.25, 0.3) is 5.91 Å². The molecule has 0 bridgehead atoms. The summed E-state index contributed by atoms with van der Waals surface area (Å²) in [6.45, 7) is 6.16. The Labute approximate surface area is 89.5 Å². The van der Waals surface area contributed by atoms with Gasteiger partial charge in [0.05, 0.1) is 0 Å². The number of anilines is 1. The molecule has 1 rings (SSSR count). The van der Waals surface area contributed by atoms with Gasteiger partial charge in [0.2, 0.25) is 6.29 Å². The molecule has 0 saturated heterocycles. The highest BCUT2D eigenvalue weighted by Crippen LogP contribution is 2.28. The van der Waals surface area contributed by atoms with Crippen molar-refractivity contribution in [2.75, 3.05) is 5.32 Å². The van der Waals surface area contributed by atoms with Crippen molar-refractivity contribution in [1.29, 1.82) is 0 Å². The lowest BCUT2D eigenvalue weighted by atomic mass is 9.86. The molecule has 0 unspecified atom stereocenters. The summed E-state index contributed by atoms with van der Waals surface area (Å²) < 4.78 is 0. The number of rotatable bonds is 2. The predicted molar refractivity (Wildman–Crippen MR) is 59.8 cm³/mol. The molecule has 1 amide bonds. The Balaban J connectivity index is 3.07. The van der Waals surface area contributed by atoms with Crippen molar-refractivity contribution >= 4 is 17.9 Å². The van der Waals surface area contributed by atoms with Crippen molar-refractivity contribution in [2.45, 2.75) is 26.2 Å². The van der Waals surface area contributed by atoms with E-state index in [4.69, 9.17) is 0 Å². The van der Waals surface area contributed by atoms with Crippen LogP contribution in [0.4, 0.5) is 5.69 Å². The minimum atomic E-state index is -0.619. The van der Waals surface area contributed by atoms with Crippen molar-refractivity contribution in [3.05, 3.63) is 29.8 Å². The van der Waals surface area contributed by atoms with Crippen LogP contribution in [0.5, 0.6) is 0 Å². The third-order valence-corrected chi connectivity index (χ3v) is 2.10. The molecule has 0 fully saturated rings. The van der Waals surface area contributed by atoms with Crippen molar-refractivity contribution in [2.24, 2.45) is 0 Å². The molecule has 0 aliphatic heterocycles. The van der Waals surface area contributed by atoms with Crippen LogP contribution in [0.25, 0.3) is 0 Å². The summed E-state index contributed by atoms with van der Waals surface area (Å²) in [6, 6.07) is 7.48. The predicted octanol–water partition coefficient (Wildman–Crippen LogP) is 2.12. The fraction of sp³-hybridized carbons (Fsp3) is 0.333. The lowest BCUT2D eigenvalue weighted by Crippen LogP contribution is -2.18. The molecule has 0 spiro atoms. The van der Waals surface area contributed by atoms with E-state index in [1.165, 1.54) is 0 Å². The Bertz CT molecular complexity index is 377. The Morgan fingerprint density at radius 2 is 1.87 bits per heavy atom.